The summed E-state index contributed by atoms with van der Waals surface area (Å²) in [5.41, 5.74) is 2.38. The molecule has 0 aliphatic heterocycles. The van der Waals surface area contributed by atoms with Crippen molar-refractivity contribution >= 4 is 50.1 Å². The van der Waals surface area contributed by atoms with Crippen LogP contribution in [0.25, 0.3) is 0 Å². The lowest BCUT2D eigenvalue weighted by Crippen LogP contribution is -2.52. The molecule has 1 aliphatic rings. The number of benzene rings is 2. The van der Waals surface area contributed by atoms with E-state index in [0.717, 1.165) is 50.9 Å². The van der Waals surface area contributed by atoms with E-state index in [1.165, 1.54) is 11.3 Å². The molecule has 1 aliphatic carbocycles. The molecule has 0 saturated heterocycles. The van der Waals surface area contributed by atoms with Gasteiger partial charge in [0, 0.05) is 16.2 Å². The normalized spacial score (nSPS) is 15.3. The van der Waals surface area contributed by atoms with Gasteiger partial charge in [-0.05, 0) is 79.1 Å². The Balaban J connectivity index is 1.85. The third-order valence-corrected chi connectivity index (χ3v) is 8.25. The van der Waals surface area contributed by atoms with Crippen LogP contribution in [-0.2, 0) is 26.2 Å². The van der Waals surface area contributed by atoms with Crippen LogP contribution in [0.4, 0.5) is 5.69 Å². The van der Waals surface area contributed by atoms with E-state index in [2.05, 4.69) is 27.9 Å². The molecule has 7 nitrogen and oxygen atoms in total. The lowest BCUT2D eigenvalue weighted by Gasteiger charge is -2.33. The van der Waals surface area contributed by atoms with E-state index in [1.54, 1.807) is 31.2 Å². The number of rotatable bonds is 9. The van der Waals surface area contributed by atoms with E-state index < -0.39 is 22.0 Å². The predicted molar refractivity (Wildman–Crippen MR) is 148 cm³/mol. The average molecular weight is 612 g/mol. The van der Waals surface area contributed by atoms with Crippen molar-refractivity contribution in [3.05, 3.63) is 63.2 Å². The number of anilines is 1. The second kappa shape index (κ2) is 12.2. The highest BCUT2D eigenvalue weighted by molar-refractivity contribution is 14.1. The van der Waals surface area contributed by atoms with Gasteiger partial charge < -0.3 is 10.2 Å². The molecule has 9 heteroatoms. The number of carbonyl (C=O) groups excluding carboxylic acids is 2. The van der Waals surface area contributed by atoms with Gasteiger partial charge in [0.05, 0.1) is 11.9 Å². The predicted octanol–water partition coefficient (Wildman–Crippen LogP) is 4.23. The topological polar surface area (TPSA) is 86.8 Å². The Labute approximate surface area is 222 Å². The largest absolute Gasteiger partial charge is 0.352 e. The Hall–Kier alpha value is -2.14. The Morgan fingerprint density at radius 1 is 1.03 bits per heavy atom. The van der Waals surface area contributed by atoms with E-state index in [4.69, 9.17) is 0 Å². The summed E-state index contributed by atoms with van der Waals surface area (Å²) in [5.74, 6) is -0.640. The van der Waals surface area contributed by atoms with Crippen molar-refractivity contribution in [2.75, 3.05) is 17.1 Å². The van der Waals surface area contributed by atoms with Gasteiger partial charge in [-0.3, -0.25) is 13.9 Å². The van der Waals surface area contributed by atoms with Gasteiger partial charge in [-0.1, -0.05) is 49.1 Å². The molecule has 2 amide bonds. The van der Waals surface area contributed by atoms with Crippen molar-refractivity contribution in [3.63, 3.8) is 0 Å². The van der Waals surface area contributed by atoms with E-state index in [9.17, 15) is 18.0 Å². The molecule has 0 spiro atoms. The van der Waals surface area contributed by atoms with Crippen LogP contribution in [0.1, 0.15) is 50.2 Å². The summed E-state index contributed by atoms with van der Waals surface area (Å²) >= 11 is 2.14. The molecule has 0 unspecified atom stereocenters. The number of amides is 2. The number of carbonyl (C=O) groups is 2. The van der Waals surface area contributed by atoms with E-state index in [1.807, 2.05) is 31.2 Å². The lowest BCUT2D eigenvalue weighted by atomic mass is 9.95. The molecule has 1 fully saturated rings. The minimum atomic E-state index is -3.72. The van der Waals surface area contributed by atoms with Crippen molar-refractivity contribution in [3.8, 4) is 0 Å². The Morgan fingerprint density at radius 2 is 1.63 bits per heavy atom. The van der Waals surface area contributed by atoms with Crippen molar-refractivity contribution in [1.82, 2.24) is 10.2 Å². The van der Waals surface area contributed by atoms with Crippen LogP contribution in [0.3, 0.4) is 0 Å². The fraction of sp³-hybridized carbons (Fsp3) is 0.462. The maximum absolute atomic E-state index is 13.6. The van der Waals surface area contributed by atoms with E-state index >= 15 is 0 Å². The van der Waals surface area contributed by atoms with Gasteiger partial charge in [0.1, 0.15) is 12.6 Å². The van der Waals surface area contributed by atoms with Gasteiger partial charge in [0.25, 0.3) is 0 Å². The van der Waals surface area contributed by atoms with Crippen molar-refractivity contribution in [2.45, 2.75) is 64.6 Å². The van der Waals surface area contributed by atoms with Crippen LogP contribution in [-0.4, -0.2) is 50.0 Å². The zero-order chi connectivity index (χ0) is 25.6. The minimum absolute atomic E-state index is 0.120. The molecule has 190 valence electrons. The second-order valence-corrected chi connectivity index (χ2v) is 12.4. The summed E-state index contributed by atoms with van der Waals surface area (Å²) < 4.78 is 27.3. The number of nitrogens with one attached hydrogen (secondary N) is 1. The molecule has 35 heavy (non-hydrogen) atoms. The monoisotopic (exact) mass is 611 g/mol. The SMILES string of the molecule is Cc1ccc(CN(C(=O)CN(c2ccc(I)cc2)S(C)(=O)=O)[C@@H](C)C(=O)NC2CCCCC2)cc1. The third-order valence-electron chi connectivity index (χ3n) is 6.39. The van der Waals surface area contributed by atoms with Gasteiger partial charge in [0.2, 0.25) is 21.8 Å². The number of halogens is 1. The molecular weight excluding hydrogens is 577 g/mol. The first-order valence-corrected chi connectivity index (χ1v) is 14.9. The number of sulfonamides is 1. The number of aryl methyl sites for hydroxylation is 1. The van der Waals surface area contributed by atoms with Crippen molar-refractivity contribution in [2.24, 2.45) is 0 Å². The molecule has 2 aromatic rings. The molecule has 0 heterocycles. The van der Waals surface area contributed by atoms with Crippen LogP contribution < -0.4 is 9.62 Å². The molecule has 0 radical (unpaired) electrons. The molecule has 2 aromatic carbocycles. The van der Waals surface area contributed by atoms with Gasteiger partial charge in [-0.25, -0.2) is 8.42 Å². The fourth-order valence-corrected chi connectivity index (χ4v) is 5.47. The zero-order valence-electron chi connectivity index (χ0n) is 20.5. The summed E-state index contributed by atoms with van der Waals surface area (Å²) in [6.07, 6.45) is 6.33. The van der Waals surface area contributed by atoms with Gasteiger partial charge in [-0.15, -0.1) is 0 Å². The number of hydrogen-bond donors (Lipinski definition) is 1. The molecule has 3 rings (SSSR count). The van der Waals surface area contributed by atoms with Crippen molar-refractivity contribution < 1.29 is 18.0 Å². The van der Waals surface area contributed by atoms with Crippen LogP contribution in [0.5, 0.6) is 0 Å². The number of hydrogen-bond acceptors (Lipinski definition) is 4. The van der Waals surface area contributed by atoms with E-state index in [-0.39, 0.29) is 25.0 Å². The molecule has 0 bridgehead atoms. The summed E-state index contributed by atoms with van der Waals surface area (Å²) in [6.45, 7) is 3.52. The first kappa shape index (κ1) is 27.4. The van der Waals surface area contributed by atoms with Gasteiger partial charge in [0.15, 0.2) is 0 Å². The van der Waals surface area contributed by atoms with Gasteiger partial charge in [-0.2, -0.15) is 0 Å². The third kappa shape index (κ3) is 7.93. The highest BCUT2D eigenvalue weighted by atomic mass is 127. The molecule has 1 atom stereocenters. The van der Waals surface area contributed by atoms with Crippen LogP contribution in [0, 0.1) is 10.5 Å². The standard InChI is InChI=1S/C26H34IN3O4S/c1-19-9-11-21(12-10-19)17-29(20(2)26(32)28-23-7-5-4-6-8-23)25(31)18-30(35(3,33)34)24-15-13-22(27)14-16-24/h9-16,20,23H,4-8,17-18H2,1-3H3,(H,28,32)/t20-/m0/s1. The summed E-state index contributed by atoms with van der Waals surface area (Å²) in [6, 6.07) is 14.1. The minimum Gasteiger partial charge on any atom is -0.352 e. The highest BCUT2D eigenvalue weighted by Crippen LogP contribution is 2.21. The van der Waals surface area contributed by atoms with Crippen LogP contribution in [0.2, 0.25) is 0 Å². The van der Waals surface area contributed by atoms with Gasteiger partial charge >= 0.3 is 0 Å². The smallest absolute Gasteiger partial charge is 0.244 e. The molecule has 0 aromatic heterocycles. The van der Waals surface area contributed by atoms with Crippen molar-refractivity contribution in [1.29, 1.82) is 0 Å². The number of nitrogens with zero attached hydrogens (tertiary/aromatic N) is 2. The fourth-order valence-electron chi connectivity index (χ4n) is 4.26. The maximum Gasteiger partial charge on any atom is 0.244 e. The Bertz CT molecular complexity index is 1110. The lowest BCUT2D eigenvalue weighted by molar-refractivity contribution is -0.139. The first-order chi connectivity index (χ1) is 16.5. The molecule has 1 saturated carbocycles. The first-order valence-electron chi connectivity index (χ1n) is 11.9. The summed E-state index contributed by atoms with van der Waals surface area (Å²) in [5, 5.41) is 3.10. The molecule has 1 N–H and O–H groups in total. The Morgan fingerprint density at radius 3 is 2.20 bits per heavy atom. The van der Waals surface area contributed by atoms with Crippen LogP contribution >= 0.6 is 22.6 Å². The second-order valence-electron chi connectivity index (χ2n) is 9.27. The quantitative estimate of drug-likeness (QED) is 0.431. The zero-order valence-corrected chi connectivity index (χ0v) is 23.5. The summed E-state index contributed by atoms with van der Waals surface area (Å²) in [4.78, 5) is 28.2. The average Bonchev–Trinajstić information content (AvgIpc) is 2.82. The van der Waals surface area contributed by atoms with E-state index in [0.29, 0.717) is 5.69 Å². The summed E-state index contributed by atoms with van der Waals surface area (Å²) in [7, 11) is -3.72. The maximum atomic E-state index is 13.6. The molecular formula is C26H34IN3O4S. The Kier molecular flexibility index (Phi) is 9.57. The van der Waals surface area contributed by atoms with Crippen LogP contribution in [0.15, 0.2) is 48.5 Å². The highest BCUT2D eigenvalue weighted by Gasteiger charge is 2.31.